The normalized spacial score (nSPS) is 12.0. The molecule has 126 valence electrons. The predicted octanol–water partition coefficient (Wildman–Crippen LogP) is 8.47. The van der Waals surface area contributed by atoms with E-state index in [1.807, 2.05) is 0 Å². The molecular formula is C13H5BrCl6N4. The fourth-order valence-electron chi connectivity index (χ4n) is 1.49. The van der Waals surface area contributed by atoms with E-state index in [1.54, 1.807) is 0 Å². The molecule has 2 aromatic carbocycles. The Kier molecular flexibility index (Phi) is 7.43. The summed E-state index contributed by atoms with van der Waals surface area (Å²) in [5, 5.41) is 13.6. The third-order valence-electron chi connectivity index (χ3n) is 2.48. The first-order chi connectivity index (χ1) is 11.3. The number of hydrogen-bond donors (Lipinski definition) is 1. The summed E-state index contributed by atoms with van der Waals surface area (Å²) < 4.78 is 0.103. The smallest absolute Gasteiger partial charge is 0.236 e. The van der Waals surface area contributed by atoms with Crippen LogP contribution in [0.25, 0.3) is 0 Å². The first-order valence-corrected chi connectivity index (χ1v) is 9.04. The summed E-state index contributed by atoms with van der Waals surface area (Å²) in [4.78, 5) is 0. The van der Waals surface area contributed by atoms with Crippen molar-refractivity contribution in [2.45, 2.75) is 0 Å². The number of hydrazone groups is 1. The van der Waals surface area contributed by atoms with Crippen LogP contribution in [0.3, 0.4) is 0 Å². The maximum Gasteiger partial charge on any atom is 0.236 e. The Hall–Kier alpha value is -0.270. The Bertz CT molecular complexity index is 793. The summed E-state index contributed by atoms with van der Waals surface area (Å²) in [6, 6.07) is 6.05. The van der Waals surface area contributed by atoms with Crippen LogP contribution in [0.4, 0.5) is 11.4 Å². The van der Waals surface area contributed by atoms with Gasteiger partial charge in [0, 0.05) is 10.0 Å². The summed E-state index contributed by atoms with van der Waals surface area (Å²) in [5.41, 5.74) is 3.29. The minimum Gasteiger partial charge on any atom is -0.273 e. The monoisotopic (exact) mass is 506 g/mol. The molecule has 0 aromatic heterocycles. The summed E-state index contributed by atoms with van der Waals surface area (Å²) in [5.74, 6) is 0. The second kappa shape index (κ2) is 8.90. The van der Waals surface area contributed by atoms with Crippen LogP contribution in [0.2, 0.25) is 30.1 Å². The van der Waals surface area contributed by atoms with E-state index in [1.165, 1.54) is 24.3 Å². The van der Waals surface area contributed by atoms with E-state index in [0.717, 1.165) is 0 Å². The number of hydrogen-bond acceptors (Lipinski definition) is 3. The number of rotatable bonds is 3. The molecule has 0 atom stereocenters. The molecule has 0 aliphatic rings. The number of azo groups is 1. The van der Waals surface area contributed by atoms with Crippen molar-refractivity contribution in [3.8, 4) is 0 Å². The molecule has 4 nitrogen and oxygen atoms in total. The van der Waals surface area contributed by atoms with E-state index in [2.05, 4.69) is 36.7 Å². The van der Waals surface area contributed by atoms with Crippen LogP contribution in [0.5, 0.6) is 0 Å². The van der Waals surface area contributed by atoms with Gasteiger partial charge < -0.3 is 0 Å². The Balaban J connectivity index is 2.19. The lowest BCUT2D eigenvalue weighted by Crippen LogP contribution is -1.94. The lowest BCUT2D eigenvalue weighted by Gasteiger charge is -2.06. The van der Waals surface area contributed by atoms with Crippen molar-refractivity contribution < 1.29 is 0 Å². The minimum atomic E-state index is 0.103. The molecule has 0 saturated heterocycles. The van der Waals surface area contributed by atoms with Crippen molar-refractivity contribution in [2.24, 2.45) is 15.3 Å². The summed E-state index contributed by atoms with van der Waals surface area (Å²) >= 11 is 38.9. The molecule has 1 N–H and O–H groups in total. The van der Waals surface area contributed by atoms with Gasteiger partial charge in [-0.15, -0.1) is 15.3 Å². The molecule has 0 saturated carbocycles. The van der Waals surface area contributed by atoms with Crippen LogP contribution in [-0.4, -0.2) is 4.74 Å². The van der Waals surface area contributed by atoms with Gasteiger partial charge in [-0.05, 0) is 40.2 Å². The quantitative estimate of drug-likeness (QED) is 0.146. The highest BCUT2D eigenvalue weighted by Gasteiger charge is 2.09. The molecular weight excluding hydrogens is 505 g/mol. The zero-order valence-electron chi connectivity index (χ0n) is 11.3. The molecule has 2 rings (SSSR count). The highest BCUT2D eigenvalue weighted by atomic mass is 79.9. The van der Waals surface area contributed by atoms with Gasteiger partial charge in [-0.2, -0.15) is 0 Å². The molecule has 0 unspecified atom stereocenters. The molecule has 0 fully saturated rings. The van der Waals surface area contributed by atoms with E-state index in [4.69, 9.17) is 69.6 Å². The standard InChI is InChI=1S/C13H5BrCl6N4/c14-13(23-21-11-7(17)1-5(15)2-8(11)18)24-22-12-9(19)3-6(16)4-10(12)20/h1-4,21H/b23-13-,24-22?. The maximum absolute atomic E-state index is 6.03. The largest absolute Gasteiger partial charge is 0.273 e. The second-order valence-corrected chi connectivity index (χ2v) is 7.37. The molecule has 0 radical (unpaired) electrons. The predicted molar refractivity (Wildman–Crippen MR) is 107 cm³/mol. The Morgan fingerprint density at radius 1 is 0.792 bits per heavy atom. The van der Waals surface area contributed by atoms with Gasteiger partial charge in [-0.1, -0.05) is 69.6 Å². The first kappa shape index (κ1) is 20.0. The van der Waals surface area contributed by atoms with Crippen LogP contribution in [-0.2, 0) is 0 Å². The fraction of sp³-hybridized carbons (Fsp3) is 0. The molecule has 0 heterocycles. The molecule has 0 aliphatic carbocycles. The third kappa shape index (κ3) is 5.36. The van der Waals surface area contributed by atoms with Crippen molar-refractivity contribution in [3.63, 3.8) is 0 Å². The van der Waals surface area contributed by atoms with Gasteiger partial charge in [0.15, 0.2) is 0 Å². The van der Waals surface area contributed by atoms with E-state index >= 15 is 0 Å². The molecule has 2 aromatic rings. The topological polar surface area (TPSA) is 49.1 Å². The number of benzene rings is 2. The fourth-order valence-corrected chi connectivity index (χ4v) is 3.46. The summed E-state index contributed by atoms with van der Waals surface area (Å²) in [7, 11) is 0. The van der Waals surface area contributed by atoms with Crippen LogP contribution >= 0.6 is 85.5 Å². The van der Waals surface area contributed by atoms with Gasteiger partial charge in [-0.3, -0.25) is 5.43 Å². The number of amidine groups is 1. The molecule has 11 heteroatoms. The van der Waals surface area contributed by atoms with Gasteiger partial charge >= 0.3 is 0 Å². The van der Waals surface area contributed by atoms with Crippen LogP contribution in [0.15, 0.2) is 39.6 Å². The van der Waals surface area contributed by atoms with E-state index in [0.29, 0.717) is 25.8 Å². The third-order valence-corrected chi connectivity index (χ3v) is 4.43. The summed E-state index contributed by atoms with van der Waals surface area (Å²) in [6.45, 7) is 0. The van der Waals surface area contributed by atoms with Crippen LogP contribution in [0.1, 0.15) is 0 Å². The maximum atomic E-state index is 6.03. The van der Waals surface area contributed by atoms with Crippen LogP contribution in [0, 0.1) is 0 Å². The van der Waals surface area contributed by atoms with Gasteiger partial charge in [0.05, 0.1) is 25.8 Å². The Morgan fingerprint density at radius 3 is 1.75 bits per heavy atom. The average Bonchev–Trinajstić information content (AvgIpc) is 2.44. The van der Waals surface area contributed by atoms with E-state index in [9.17, 15) is 0 Å². The first-order valence-electron chi connectivity index (χ1n) is 5.98. The number of halogens is 7. The van der Waals surface area contributed by atoms with Crippen molar-refractivity contribution in [1.29, 1.82) is 0 Å². The minimum absolute atomic E-state index is 0.103. The molecule has 0 bridgehead atoms. The molecule has 0 amide bonds. The average molecular weight is 510 g/mol. The van der Waals surface area contributed by atoms with Crippen LogP contribution < -0.4 is 5.43 Å². The SMILES string of the molecule is Clc1cc(Cl)c(N=N/C(Br)=N\Nc2c(Cl)cc(Cl)cc2Cl)c(Cl)c1. The van der Waals surface area contributed by atoms with Gasteiger partial charge in [-0.25, -0.2) is 0 Å². The van der Waals surface area contributed by atoms with Gasteiger partial charge in [0.2, 0.25) is 4.74 Å². The van der Waals surface area contributed by atoms with Crippen molar-refractivity contribution in [3.05, 3.63) is 54.4 Å². The number of nitrogens with one attached hydrogen (secondary N) is 1. The summed E-state index contributed by atoms with van der Waals surface area (Å²) in [6.07, 6.45) is 0. The number of anilines is 1. The highest BCUT2D eigenvalue weighted by Crippen LogP contribution is 2.36. The van der Waals surface area contributed by atoms with E-state index in [-0.39, 0.29) is 20.5 Å². The van der Waals surface area contributed by atoms with Gasteiger partial charge in [0.25, 0.3) is 0 Å². The van der Waals surface area contributed by atoms with Gasteiger partial charge in [0.1, 0.15) is 5.69 Å². The Labute approximate surface area is 175 Å². The van der Waals surface area contributed by atoms with E-state index < -0.39 is 0 Å². The highest BCUT2D eigenvalue weighted by molar-refractivity contribution is 9.18. The number of nitrogens with zero attached hydrogens (tertiary/aromatic N) is 3. The molecule has 24 heavy (non-hydrogen) atoms. The zero-order chi connectivity index (χ0) is 17.9. The van der Waals surface area contributed by atoms with Crippen molar-refractivity contribution in [1.82, 2.24) is 0 Å². The lowest BCUT2D eigenvalue weighted by atomic mass is 10.3. The Morgan fingerprint density at radius 2 is 1.25 bits per heavy atom. The lowest BCUT2D eigenvalue weighted by molar-refractivity contribution is 1.25. The molecule has 0 aliphatic heterocycles. The van der Waals surface area contributed by atoms with Crippen molar-refractivity contribution >= 4 is 102 Å². The molecule has 0 spiro atoms. The second-order valence-electron chi connectivity index (χ2n) is 4.16. The van der Waals surface area contributed by atoms with Crippen molar-refractivity contribution in [2.75, 3.05) is 5.43 Å². The zero-order valence-corrected chi connectivity index (χ0v) is 17.4.